The van der Waals surface area contributed by atoms with Gasteiger partial charge in [-0.15, -0.1) is 0 Å². The highest BCUT2D eigenvalue weighted by Gasteiger charge is 2.38. The topological polar surface area (TPSA) is 88.4 Å². The lowest BCUT2D eigenvalue weighted by atomic mass is 10.2. The van der Waals surface area contributed by atoms with Gasteiger partial charge in [-0.05, 0) is 18.2 Å². The smallest absolute Gasteiger partial charge is 0.350 e. The average molecular weight is 290 g/mol. The molecule has 0 amide bonds. The lowest BCUT2D eigenvalue weighted by Gasteiger charge is -2.29. The number of cyclic esters (lactones) is 2. The molecule has 1 N–H and O–H groups in total. The van der Waals surface area contributed by atoms with Crippen LogP contribution in [-0.2, 0) is 19.1 Å². The molecule has 0 bridgehead atoms. The van der Waals surface area contributed by atoms with Crippen molar-refractivity contribution >= 4 is 17.6 Å². The van der Waals surface area contributed by atoms with Crippen LogP contribution in [0.3, 0.4) is 0 Å². The van der Waals surface area contributed by atoms with E-state index in [2.05, 4.69) is 5.32 Å². The molecule has 0 saturated carbocycles. The first kappa shape index (κ1) is 14.5. The summed E-state index contributed by atoms with van der Waals surface area (Å²) >= 11 is 0. The van der Waals surface area contributed by atoms with Crippen molar-refractivity contribution < 1.29 is 23.5 Å². The highest BCUT2D eigenvalue weighted by Crippen LogP contribution is 2.23. The zero-order chi connectivity index (χ0) is 15.6. The van der Waals surface area contributed by atoms with Gasteiger partial charge in [0.25, 0.3) is 5.79 Å². The number of rotatable bonds is 2. The van der Waals surface area contributed by atoms with Crippen LogP contribution in [0.2, 0.25) is 0 Å². The molecule has 21 heavy (non-hydrogen) atoms. The first-order valence-electron chi connectivity index (χ1n) is 5.95. The molecule has 0 atom stereocenters. The molecule has 1 saturated heterocycles. The summed E-state index contributed by atoms with van der Waals surface area (Å²) in [5.74, 6) is -3.63. The lowest BCUT2D eigenvalue weighted by Crippen LogP contribution is -2.42. The second-order valence-electron chi connectivity index (χ2n) is 4.72. The second kappa shape index (κ2) is 5.25. The fourth-order valence-electron chi connectivity index (χ4n) is 1.67. The lowest BCUT2D eigenvalue weighted by molar-refractivity contribution is -0.222. The number of ether oxygens (including phenoxy) is 2. The van der Waals surface area contributed by atoms with Gasteiger partial charge in [0, 0.05) is 25.7 Å². The Kier molecular flexibility index (Phi) is 3.63. The molecule has 1 aromatic rings. The predicted molar refractivity (Wildman–Crippen MR) is 69.1 cm³/mol. The van der Waals surface area contributed by atoms with Gasteiger partial charge < -0.3 is 14.8 Å². The number of hydrogen-bond acceptors (Lipinski definition) is 6. The number of nitriles is 1. The van der Waals surface area contributed by atoms with E-state index >= 15 is 0 Å². The number of esters is 2. The highest BCUT2D eigenvalue weighted by molar-refractivity contribution is 6.15. The third-order valence-electron chi connectivity index (χ3n) is 2.53. The normalized spacial score (nSPS) is 16.6. The Morgan fingerprint density at radius 3 is 2.43 bits per heavy atom. The zero-order valence-corrected chi connectivity index (χ0v) is 11.3. The Labute approximate surface area is 119 Å². The van der Waals surface area contributed by atoms with Crippen LogP contribution < -0.4 is 5.32 Å². The molecule has 6 nitrogen and oxygen atoms in total. The third kappa shape index (κ3) is 3.36. The summed E-state index contributed by atoms with van der Waals surface area (Å²) in [4.78, 5) is 23.3. The first-order valence-corrected chi connectivity index (χ1v) is 5.95. The quantitative estimate of drug-likeness (QED) is 0.508. The number of hydrogen-bond donors (Lipinski definition) is 1. The number of anilines is 1. The fraction of sp³-hybridized carbons (Fsp3) is 0.214. The number of benzene rings is 1. The summed E-state index contributed by atoms with van der Waals surface area (Å²) in [6.45, 7) is 2.86. The molecule has 0 radical (unpaired) electrons. The number of halogens is 1. The number of carbonyl (C=O) groups is 2. The fourth-order valence-corrected chi connectivity index (χ4v) is 1.67. The first-order chi connectivity index (χ1) is 9.80. The van der Waals surface area contributed by atoms with Crippen molar-refractivity contribution in [1.82, 2.24) is 0 Å². The predicted octanol–water partition coefficient (Wildman–Crippen LogP) is 1.83. The summed E-state index contributed by atoms with van der Waals surface area (Å²) in [6, 6.07) is 5.33. The van der Waals surface area contributed by atoms with Crippen molar-refractivity contribution in [3.8, 4) is 6.07 Å². The van der Waals surface area contributed by atoms with Gasteiger partial charge in [0.2, 0.25) is 0 Å². The van der Waals surface area contributed by atoms with Crippen LogP contribution in [0.1, 0.15) is 19.4 Å². The van der Waals surface area contributed by atoms with E-state index in [1.54, 1.807) is 6.07 Å². The number of nitrogens with one attached hydrogen (secondary N) is 1. The third-order valence-corrected chi connectivity index (χ3v) is 2.53. The Morgan fingerprint density at radius 2 is 1.86 bits per heavy atom. The summed E-state index contributed by atoms with van der Waals surface area (Å²) < 4.78 is 23.0. The zero-order valence-electron chi connectivity index (χ0n) is 11.3. The van der Waals surface area contributed by atoms with Crippen LogP contribution in [0.5, 0.6) is 0 Å². The summed E-state index contributed by atoms with van der Waals surface area (Å²) in [6.07, 6.45) is 1.05. The molecule has 1 aromatic carbocycles. The Balaban J connectivity index is 2.22. The van der Waals surface area contributed by atoms with Crippen molar-refractivity contribution in [2.24, 2.45) is 0 Å². The van der Waals surface area contributed by atoms with Gasteiger partial charge in [-0.3, -0.25) is 0 Å². The van der Waals surface area contributed by atoms with Crippen molar-refractivity contribution in [2.45, 2.75) is 19.6 Å². The molecule has 7 heteroatoms. The molecule has 1 fully saturated rings. The van der Waals surface area contributed by atoms with E-state index in [4.69, 9.17) is 14.7 Å². The van der Waals surface area contributed by atoms with Crippen LogP contribution in [0.25, 0.3) is 0 Å². The van der Waals surface area contributed by atoms with Gasteiger partial charge in [0.15, 0.2) is 5.57 Å². The summed E-state index contributed by atoms with van der Waals surface area (Å²) in [7, 11) is 0. The van der Waals surface area contributed by atoms with E-state index in [-0.39, 0.29) is 16.8 Å². The van der Waals surface area contributed by atoms with Gasteiger partial charge in [-0.1, -0.05) is 0 Å². The molecular formula is C14H11FN2O4. The van der Waals surface area contributed by atoms with Crippen LogP contribution in [0, 0.1) is 17.1 Å². The molecule has 0 spiro atoms. The molecule has 108 valence electrons. The van der Waals surface area contributed by atoms with Crippen LogP contribution in [-0.4, -0.2) is 17.7 Å². The maximum absolute atomic E-state index is 13.2. The number of nitrogens with zero attached hydrogens (tertiary/aromatic N) is 1. The van der Waals surface area contributed by atoms with Crippen molar-refractivity contribution in [3.05, 3.63) is 41.4 Å². The molecule has 0 unspecified atom stereocenters. The van der Waals surface area contributed by atoms with E-state index in [1.807, 2.05) is 0 Å². The molecule has 1 aliphatic heterocycles. The van der Waals surface area contributed by atoms with Gasteiger partial charge >= 0.3 is 11.9 Å². The minimum absolute atomic E-state index is 0.103. The SMILES string of the molecule is CC1(C)OC(=O)C(=CNc2cc(F)cc(C#N)c2)C(=O)O1. The van der Waals surface area contributed by atoms with E-state index in [9.17, 15) is 14.0 Å². The van der Waals surface area contributed by atoms with Crippen LogP contribution in [0.15, 0.2) is 30.0 Å². The second-order valence-corrected chi connectivity index (χ2v) is 4.72. The minimum Gasteiger partial charge on any atom is -0.419 e. The molecule has 0 aromatic heterocycles. The molecule has 0 aliphatic carbocycles. The Hall–Kier alpha value is -2.88. The van der Waals surface area contributed by atoms with E-state index in [1.165, 1.54) is 19.9 Å². The van der Waals surface area contributed by atoms with Gasteiger partial charge in [0.1, 0.15) is 5.82 Å². The molecule has 2 rings (SSSR count). The molecule has 1 aliphatic rings. The summed E-state index contributed by atoms with van der Waals surface area (Å²) in [5.41, 5.74) is -0.0348. The summed E-state index contributed by atoms with van der Waals surface area (Å²) in [5, 5.41) is 11.3. The maximum atomic E-state index is 13.2. The van der Waals surface area contributed by atoms with Crippen molar-refractivity contribution in [1.29, 1.82) is 5.26 Å². The minimum atomic E-state index is -1.32. The Bertz CT molecular complexity index is 667. The van der Waals surface area contributed by atoms with Gasteiger partial charge in [0.05, 0.1) is 11.6 Å². The molecule has 1 heterocycles. The van der Waals surface area contributed by atoms with Crippen molar-refractivity contribution in [2.75, 3.05) is 5.32 Å². The van der Waals surface area contributed by atoms with Crippen molar-refractivity contribution in [3.63, 3.8) is 0 Å². The van der Waals surface area contributed by atoms with Crippen LogP contribution in [0.4, 0.5) is 10.1 Å². The van der Waals surface area contributed by atoms with Gasteiger partial charge in [-0.2, -0.15) is 5.26 Å². The van der Waals surface area contributed by atoms with E-state index in [0.717, 1.165) is 18.3 Å². The van der Waals surface area contributed by atoms with Crippen LogP contribution >= 0.6 is 0 Å². The maximum Gasteiger partial charge on any atom is 0.350 e. The van der Waals surface area contributed by atoms with Gasteiger partial charge in [-0.25, -0.2) is 14.0 Å². The largest absolute Gasteiger partial charge is 0.419 e. The van der Waals surface area contributed by atoms with E-state index < -0.39 is 23.5 Å². The number of carbonyl (C=O) groups excluding carboxylic acids is 2. The standard InChI is InChI=1S/C14H11FN2O4/c1-14(2)20-12(18)11(13(19)21-14)7-17-10-4-8(6-16)3-9(15)5-10/h3-5,7,17H,1-2H3. The Morgan fingerprint density at radius 1 is 1.24 bits per heavy atom. The van der Waals surface area contributed by atoms with E-state index in [0.29, 0.717) is 0 Å². The molecular weight excluding hydrogens is 279 g/mol. The monoisotopic (exact) mass is 290 g/mol. The highest BCUT2D eigenvalue weighted by atomic mass is 19.1. The average Bonchev–Trinajstić information content (AvgIpc) is 2.35.